The first-order chi connectivity index (χ1) is 9.72. The number of aliphatic hydroxyl groups excluding tert-OH is 1. The standard InChI is InChI=1S/C16H20O4/c1-12-5-6-15(20-12)11-19-16-8-7-14(18-2)10-13(16)4-3-9-17/h7-8,10,12,15,17H,5-6,9,11H2,1-2H3. The fraction of sp³-hybridized carbons (Fsp3) is 0.500. The Kier molecular flexibility index (Phi) is 5.28. The van der Waals surface area contributed by atoms with Crippen LogP contribution in [0, 0.1) is 11.8 Å². The van der Waals surface area contributed by atoms with Gasteiger partial charge >= 0.3 is 0 Å². The summed E-state index contributed by atoms with van der Waals surface area (Å²) in [5.74, 6) is 6.91. The van der Waals surface area contributed by atoms with E-state index in [0.717, 1.165) is 12.8 Å². The molecule has 4 nitrogen and oxygen atoms in total. The molecular weight excluding hydrogens is 256 g/mol. The first-order valence-corrected chi connectivity index (χ1v) is 6.79. The highest BCUT2D eigenvalue weighted by Crippen LogP contribution is 2.25. The van der Waals surface area contributed by atoms with Crippen molar-refractivity contribution in [3.05, 3.63) is 23.8 Å². The van der Waals surface area contributed by atoms with Gasteiger partial charge in [0.05, 0.1) is 24.9 Å². The van der Waals surface area contributed by atoms with E-state index in [1.165, 1.54) is 0 Å². The van der Waals surface area contributed by atoms with E-state index >= 15 is 0 Å². The Morgan fingerprint density at radius 3 is 2.90 bits per heavy atom. The monoisotopic (exact) mass is 276 g/mol. The van der Waals surface area contributed by atoms with Crippen molar-refractivity contribution in [2.24, 2.45) is 0 Å². The van der Waals surface area contributed by atoms with Crippen molar-refractivity contribution in [2.75, 3.05) is 20.3 Å². The molecule has 0 saturated carbocycles. The lowest BCUT2D eigenvalue weighted by Crippen LogP contribution is -2.18. The van der Waals surface area contributed by atoms with Gasteiger partial charge in [0.25, 0.3) is 0 Å². The van der Waals surface area contributed by atoms with E-state index in [-0.39, 0.29) is 12.7 Å². The van der Waals surface area contributed by atoms with E-state index in [2.05, 4.69) is 18.8 Å². The molecule has 1 heterocycles. The maximum Gasteiger partial charge on any atom is 0.135 e. The number of hydrogen-bond donors (Lipinski definition) is 1. The van der Waals surface area contributed by atoms with Crippen molar-refractivity contribution < 1.29 is 19.3 Å². The first kappa shape index (κ1) is 14.7. The van der Waals surface area contributed by atoms with Gasteiger partial charge in [-0.1, -0.05) is 11.8 Å². The Morgan fingerprint density at radius 2 is 2.25 bits per heavy atom. The Bertz CT molecular complexity index is 501. The molecule has 2 rings (SSSR count). The Hall–Kier alpha value is -1.70. The van der Waals surface area contributed by atoms with Gasteiger partial charge < -0.3 is 19.3 Å². The van der Waals surface area contributed by atoms with E-state index in [1.807, 2.05) is 12.1 Å². The Labute approximate surface area is 119 Å². The van der Waals surface area contributed by atoms with E-state index in [4.69, 9.17) is 19.3 Å². The fourth-order valence-corrected chi connectivity index (χ4v) is 2.18. The SMILES string of the molecule is COc1ccc(OCC2CCC(C)O2)c(C#CCO)c1. The number of methoxy groups -OCH3 is 1. The van der Waals surface area contributed by atoms with E-state index in [1.54, 1.807) is 13.2 Å². The zero-order chi connectivity index (χ0) is 14.4. The van der Waals surface area contributed by atoms with Gasteiger partial charge in [-0.3, -0.25) is 0 Å². The molecule has 1 aliphatic rings. The lowest BCUT2D eigenvalue weighted by atomic mass is 10.2. The molecule has 0 bridgehead atoms. The van der Waals surface area contributed by atoms with Crippen LogP contribution in [-0.4, -0.2) is 37.6 Å². The highest BCUT2D eigenvalue weighted by atomic mass is 16.5. The Balaban J connectivity index is 2.05. The molecule has 1 aliphatic heterocycles. The summed E-state index contributed by atoms with van der Waals surface area (Å²) in [6, 6.07) is 5.46. The van der Waals surface area contributed by atoms with Crippen molar-refractivity contribution in [1.29, 1.82) is 0 Å². The molecule has 1 fully saturated rings. The molecule has 0 aromatic heterocycles. The average molecular weight is 276 g/mol. The fourth-order valence-electron chi connectivity index (χ4n) is 2.18. The highest BCUT2D eigenvalue weighted by Gasteiger charge is 2.22. The lowest BCUT2D eigenvalue weighted by molar-refractivity contribution is 0.0264. The van der Waals surface area contributed by atoms with Crippen LogP contribution < -0.4 is 9.47 Å². The lowest BCUT2D eigenvalue weighted by Gasteiger charge is -2.14. The van der Waals surface area contributed by atoms with Crippen LogP contribution in [0.1, 0.15) is 25.3 Å². The second-order valence-electron chi connectivity index (χ2n) is 4.78. The molecule has 0 amide bonds. The number of ether oxygens (including phenoxy) is 3. The van der Waals surface area contributed by atoms with Crippen molar-refractivity contribution in [1.82, 2.24) is 0 Å². The smallest absolute Gasteiger partial charge is 0.135 e. The predicted octanol–water partition coefficient (Wildman–Crippen LogP) is 1.99. The third kappa shape index (κ3) is 3.89. The van der Waals surface area contributed by atoms with Crippen molar-refractivity contribution in [3.63, 3.8) is 0 Å². The highest BCUT2D eigenvalue weighted by molar-refractivity contribution is 5.50. The minimum Gasteiger partial charge on any atom is -0.497 e. The van der Waals surface area contributed by atoms with Crippen LogP contribution in [0.2, 0.25) is 0 Å². The largest absolute Gasteiger partial charge is 0.497 e. The Morgan fingerprint density at radius 1 is 1.40 bits per heavy atom. The molecule has 108 valence electrons. The van der Waals surface area contributed by atoms with Crippen LogP contribution in [0.15, 0.2) is 18.2 Å². The zero-order valence-electron chi connectivity index (χ0n) is 11.9. The van der Waals surface area contributed by atoms with Crippen molar-refractivity contribution >= 4 is 0 Å². The molecule has 4 heteroatoms. The topological polar surface area (TPSA) is 47.9 Å². The minimum absolute atomic E-state index is 0.144. The van der Waals surface area contributed by atoms with Gasteiger partial charge in [-0.25, -0.2) is 0 Å². The minimum atomic E-state index is -0.181. The summed E-state index contributed by atoms with van der Waals surface area (Å²) in [4.78, 5) is 0. The molecule has 1 aromatic carbocycles. The van der Waals surface area contributed by atoms with Crippen LogP contribution in [0.25, 0.3) is 0 Å². The number of benzene rings is 1. The summed E-state index contributed by atoms with van der Waals surface area (Å²) in [6.07, 6.45) is 2.56. The molecule has 20 heavy (non-hydrogen) atoms. The summed E-state index contributed by atoms with van der Waals surface area (Å²) in [5, 5.41) is 8.81. The number of rotatable bonds is 4. The van der Waals surface area contributed by atoms with Crippen LogP contribution in [-0.2, 0) is 4.74 Å². The van der Waals surface area contributed by atoms with Gasteiger partial charge in [-0.2, -0.15) is 0 Å². The second kappa shape index (κ2) is 7.18. The molecule has 2 unspecified atom stereocenters. The van der Waals surface area contributed by atoms with Crippen LogP contribution in [0.4, 0.5) is 0 Å². The molecule has 2 atom stereocenters. The third-order valence-electron chi connectivity index (χ3n) is 3.23. The molecule has 1 N–H and O–H groups in total. The molecule has 0 spiro atoms. The summed E-state index contributed by atoms with van der Waals surface area (Å²) >= 11 is 0. The normalized spacial score (nSPS) is 21.1. The van der Waals surface area contributed by atoms with Gasteiger partial charge in [0.1, 0.15) is 24.7 Å². The van der Waals surface area contributed by atoms with Gasteiger partial charge in [0.2, 0.25) is 0 Å². The number of aliphatic hydroxyl groups is 1. The van der Waals surface area contributed by atoms with E-state index < -0.39 is 0 Å². The molecular formula is C16H20O4. The van der Waals surface area contributed by atoms with Gasteiger partial charge in [0.15, 0.2) is 0 Å². The van der Waals surface area contributed by atoms with E-state index in [0.29, 0.717) is 29.8 Å². The van der Waals surface area contributed by atoms with Crippen LogP contribution in [0.3, 0.4) is 0 Å². The molecule has 0 aliphatic carbocycles. The van der Waals surface area contributed by atoms with Gasteiger partial charge in [-0.15, -0.1) is 0 Å². The van der Waals surface area contributed by atoms with Gasteiger partial charge in [0, 0.05) is 0 Å². The molecule has 1 saturated heterocycles. The third-order valence-corrected chi connectivity index (χ3v) is 3.23. The molecule has 1 aromatic rings. The molecule has 0 radical (unpaired) electrons. The maximum atomic E-state index is 8.81. The summed E-state index contributed by atoms with van der Waals surface area (Å²) in [5.41, 5.74) is 0.712. The predicted molar refractivity (Wildman–Crippen MR) is 76.0 cm³/mol. The van der Waals surface area contributed by atoms with Crippen LogP contribution in [0.5, 0.6) is 11.5 Å². The zero-order valence-corrected chi connectivity index (χ0v) is 11.9. The van der Waals surface area contributed by atoms with E-state index in [9.17, 15) is 0 Å². The summed E-state index contributed by atoms with van der Waals surface area (Å²) in [7, 11) is 1.60. The van der Waals surface area contributed by atoms with Gasteiger partial charge in [-0.05, 0) is 38.0 Å². The van der Waals surface area contributed by atoms with Crippen molar-refractivity contribution in [2.45, 2.75) is 32.0 Å². The summed E-state index contributed by atoms with van der Waals surface area (Å²) < 4.78 is 16.7. The first-order valence-electron chi connectivity index (χ1n) is 6.79. The number of hydrogen-bond acceptors (Lipinski definition) is 4. The maximum absolute atomic E-state index is 8.81. The second-order valence-corrected chi connectivity index (χ2v) is 4.78. The quantitative estimate of drug-likeness (QED) is 0.854. The van der Waals surface area contributed by atoms with Crippen LogP contribution >= 0.6 is 0 Å². The summed E-state index contributed by atoms with van der Waals surface area (Å²) in [6.45, 7) is 2.41. The average Bonchev–Trinajstić information content (AvgIpc) is 2.89. The van der Waals surface area contributed by atoms with Crippen molar-refractivity contribution in [3.8, 4) is 23.3 Å².